The highest BCUT2D eigenvalue weighted by molar-refractivity contribution is 5.67. The van der Waals surface area contributed by atoms with E-state index in [2.05, 4.69) is 4.98 Å². The molecule has 9 heteroatoms. The molecule has 0 spiro atoms. The number of ether oxygens (including phenoxy) is 2. The van der Waals surface area contributed by atoms with Gasteiger partial charge >= 0.3 is 6.18 Å². The van der Waals surface area contributed by atoms with E-state index in [1.54, 1.807) is 23.0 Å². The summed E-state index contributed by atoms with van der Waals surface area (Å²) in [4.78, 5) is 4.00. The quantitative estimate of drug-likeness (QED) is 0.714. The van der Waals surface area contributed by atoms with Gasteiger partial charge in [-0.25, -0.2) is 9.67 Å². The highest BCUT2D eigenvalue weighted by atomic mass is 19.4. The Bertz CT molecular complexity index is 1060. The van der Waals surface area contributed by atoms with E-state index in [0.717, 1.165) is 22.9 Å². The lowest BCUT2D eigenvalue weighted by Crippen LogP contribution is -2.21. The van der Waals surface area contributed by atoms with Gasteiger partial charge in [0.2, 0.25) is 0 Å². The largest absolute Gasteiger partial charge is 0.496 e. The maximum Gasteiger partial charge on any atom is 0.419 e. The van der Waals surface area contributed by atoms with Gasteiger partial charge in [-0.05, 0) is 31.2 Å². The number of rotatable bonds is 3. The van der Waals surface area contributed by atoms with Crippen molar-refractivity contribution in [3.05, 3.63) is 53.3 Å². The van der Waals surface area contributed by atoms with Crippen molar-refractivity contribution >= 4 is 5.82 Å². The van der Waals surface area contributed by atoms with Crippen molar-refractivity contribution in [1.29, 1.82) is 0 Å². The molecule has 4 rings (SSSR count). The molecule has 152 valence electrons. The van der Waals surface area contributed by atoms with Gasteiger partial charge in [0.05, 0.1) is 42.5 Å². The molecule has 0 amide bonds. The second-order valence-corrected chi connectivity index (χ2v) is 6.86. The molecule has 2 N–H and O–H groups in total. The number of aromatic nitrogens is 3. The van der Waals surface area contributed by atoms with Crippen molar-refractivity contribution in [2.45, 2.75) is 32.2 Å². The van der Waals surface area contributed by atoms with Crippen LogP contribution in [0, 0.1) is 0 Å². The summed E-state index contributed by atoms with van der Waals surface area (Å²) in [6.45, 7) is 2.30. The zero-order chi connectivity index (χ0) is 20.8. The fraction of sp³-hybridized carbons (Fsp3) is 0.300. The number of nitrogens with two attached hydrogens (primary N) is 1. The SMILES string of the molecule is COc1cc(-n2nc(-c3ccnc(N)c3)c3c2C[C@H](C)OC3)ccc1C(F)(F)F. The highest BCUT2D eigenvalue weighted by Gasteiger charge is 2.35. The Morgan fingerprint density at radius 2 is 2.03 bits per heavy atom. The van der Waals surface area contributed by atoms with E-state index in [1.807, 2.05) is 6.92 Å². The van der Waals surface area contributed by atoms with Crippen molar-refractivity contribution < 1.29 is 22.6 Å². The number of fused-ring (bicyclic) bond motifs is 1. The predicted octanol–water partition coefficient (Wildman–Crippen LogP) is 4.01. The van der Waals surface area contributed by atoms with Crippen LogP contribution in [0.1, 0.15) is 23.7 Å². The second-order valence-electron chi connectivity index (χ2n) is 6.86. The van der Waals surface area contributed by atoms with E-state index in [-0.39, 0.29) is 11.9 Å². The number of pyridine rings is 1. The van der Waals surface area contributed by atoms with E-state index < -0.39 is 11.7 Å². The lowest BCUT2D eigenvalue weighted by molar-refractivity contribution is -0.138. The van der Waals surface area contributed by atoms with Crippen molar-refractivity contribution in [2.75, 3.05) is 12.8 Å². The van der Waals surface area contributed by atoms with Gasteiger partial charge in [-0.3, -0.25) is 0 Å². The number of nitrogen functional groups attached to an aromatic ring is 1. The van der Waals surface area contributed by atoms with Crippen molar-refractivity contribution in [3.8, 4) is 22.7 Å². The second kappa shape index (κ2) is 7.07. The monoisotopic (exact) mass is 404 g/mol. The third-order valence-corrected chi connectivity index (χ3v) is 4.87. The van der Waals surface area contributed by atoms with Gasteiger partial charge in [0.1, 0.15) is 11.6 Å². The van der Waals surface area contributed by atoms with E-state index >= 15 is 0 Å². The lowest BCUT2D eigenvalue weighted by atomic mass is 10.0. The summed E-state index contributed by atoms with van der Waals surface area (Å²) in [5.41, 5.74) is 8.66. The number of methoxy groups -OCH3 is 1. The van der Waals surface area contributed by atoms with Gasteiger partial charge in [-0.1, -0.05) is 0 Å². The van der Waals surface area contributed by atoms with Crippen LogP contribution in [0.15, 0.2) is 36.5 Å². The van der Waals surface area contributed by atoms with Gasteiger partial charge in [0.25, 0.3) is 0 Å². The van der Waals surface area contributed by atoms with Crippen LogP contribution in [0.25, 0.3) is 16.9 Å². The first-order valence-corrected chi connectivity index (χ1v) is 8.98. The number of halogens is 3. The molecule has 6 nitrogen and oxygen atoms in total. The Morgan fingerprint density at radius 3 is 2.72 bits per heavy atom. The van der Waals surface area contributed by atoms with Crippen LogP contribution in [0.5, 0.6) is 5.75 Å². The third-order valence-electron chi connectivity index (χ3n) is 4.87. The Morgan fingerprint density at radius 1 is 1.24 bits per heavy atom. The summed E-state index contributed by atoms with van der Waals surface area (Å²) >= 11 is 0. The van der Waals surface area contributed by atoms with Gasteiger partial charge in [0, 0.05) is 29.8 Å². The molecule has 0 saturated carbocycles. The molecule has 3 heterocycles. The van der Waals surface area contributed by atoms with Crippen LogP contribution in [0.2, 0.25) is 0 Å². The normalized spacial score (nSPS) is 16.5. The minimum absolute atomic E-state index is 0.0374. The van der Waals surface area contributed by atoms with E-state index in [0.29, 0.717) is 30.2 Å². The number of hydrogen-bond donors (Lipinski definition) is 1. The molecule has 29 heavy (non-hydrogen) atoms. The minimum atomic E-state index is -4.50. The molecule has 2 aromatic heterocycles. The predicted molar refractivity (Wildman–Crippen MR) is 101 cm³/mol. The Hall–Kier alpha value is -3.07. The lowest BCUT2D eigenvalue weighted by Gasteiger charge is -2.21. The Labute approximate surface area is 165 Å². The van der Waals surface area contributed by atoms with Crippen LogP contribution in [0.4, 0.5) is 19.0 Å². The number of nitrogens with zero attached hydrogens (tertiary/aromatic N) is 3. The first-order valence-electron chi connectivity index (χ1n) is 8.98. The molecular formula is C20H19F3N4O2. The van der Waals surface area contributed by atoms with E-state index in [9.17, 15) is 13.2 Å². The van der Waals surface area contributed by atoms with E-state index in [1.165, 1.54) is 19.2 Å². The fourth-order valence-corrected chi connectivity index (χ4v) is 3.49. The van der Waals surface area contributed by atoms with Crippen LogP contribution >= 0.6 is 0 Å². The molecule has 0 radical (unpaired) electrons. The molecular weight excluding hydrogens is 385 g/mol. The average Bonchev–Trinajstić information content (AvgIpc) is 3.05. The summed E-state index contributed by atoms with van der Waals surface area (Å²) in [5.74, 6) is 0.0983. The maximum absolute atomic E-state index is 13.2. The van der Waals surface area contributed by atoms with Gasteiger partial charge in [-0.2, -0.15) is 18.3 Å². The van der Waals surface area contributed by atoms with Crippen molar-refractivity contribution in [3.63, 3.8) is 0 Å². The first-order chi connectivity index (χ1) is 13.8. The average molecular weight is 404 g/mol. The number of anilines is 1. The van der Waals surface area contributed by atoms with Crippen LogP contribution in [0.3, 0.4) is 0 Å². The minimum Gasteiger partial charge on any atom is -0.496 e. The molecule has 1 aliphatic rings. The molecule has 0 aliphatic carbocycles. The summed E-state index contributed by atoms with van der Waals surface area (Å²) in [6, 6.07) is 7.24. The Balaban J connectivity index is 1.88. The number of hydrogen-bond acceptors (Lipinski definition) is 5. The summed E-state index contributed by atoms with van der Waals surface area (Å²) in [6.07, 6.45) is -2.38. The molecule has 0 unspecified atom stereocenters. The molecule has 0 saturated heterocycles. The highest BCUT2D eigenvalue weighted by Crippen LogP contribution is 2.38. The van der Waals surface area contributed by atoms with E-state index in [4.69, 9.17) is 20.3 Å². The number of alkyl halides is 3. The van der Waals surface area contributed by atoms with Crippen LogP contribution in [-0.4, -0.2) is 28.0 Å². The van der Waals surface area contributed by atoms with Crippen LogP contribution in [-0.2, 0) is 23.9 Å². The van der Waals surface area contributed by atoms with Gasteiger partial charge < -0.3 is 15.2 Å². The molecule has 0 bridgehead atoms. The van der Waals surface area contributed by atoms with Crippen molar-refractivity contribution in [2.24, 2.45) is 0 Å². The summed E-state index contributed by atoms with van der Waals surface area (Å²) in [5, 5.41) is 4.69. The standard InChI is InChI=1S/C20H19F3N4O2/c1-11-7-16-14(10-29-11)19(12-5-6-25-18(24)8-12)26-27(16)13-3-4-15(20(21,22)23)17(9-13)28-2/h3-6,8-9,11H,7,10H2,1-2H3,(H2,24,25)/t11-/m0/s1. The maximum atomic E-state index is 13.2. The first kappa shape index (κ1) is 19.3. The topological polar surface area (TPSA) is 75.2 Å². The van der Waals surface area contributed by atoms with Gasteiger partial charge in [0.15, 0.2) is 0 Å². The molecule has 1 atom stereocenters. The van der Waals surface area contributed by atoms with Crippen LogP contribution < -0.4 is 10.5 Å². The molecule has 0 fully saturated rings. The smallest absolute Gasteiger partial charge is 0.419 e. The zero-order valence-electron chi connectivity index (χ0n) is 15.8. The van der Waals surface area contributed by atoms with Crippen molar-refractivity contribution in [1.82, 2.24) is 14.8 Å². The molecule has 3 aromatic rings. The number of benzene rings is 1. The summed E-state index contributed by atoms with van der Waals surface area (Å²) < 4.78 is 52.1. The molecule has 1 aliphatic heterocycles. The fourth-order valence-electron chi connectivity index (χ4n) is 3.49. The third kappa shape index (κ3) is 3.53. The summed E-state index contributed by atoms with van der Waals surface area (Å²) in [7, 11) is 1.22. The van der Waals surface area contributed by atoms with Gasteiger partial charge in [-0.15, -0.1) is 0 Å². The Kier molecular flexibility index (Phi) is 4.70. The molecule has 1 aromatic carbocycles. The zero-order valence-corrected chi connectivity index (χ0v) is 15.8.